The number of aromatic nitrogens is 2. The van der Waals surface area contributed by atoms with Crippen LogP contribution in [0.1, 0.15) is 35.4 Å². The van der Waals surface area contributed by atoms with Gasteiger partial charge in [-0.2, -0.15) is 4.98 Å². The van der Waals surface area contributed by atoms with E-state index < -0.39 is 5.82 Å². The van der Waals surface area contributed by atoms with E-state index in [0.717, 1.165) is 12.5 Å². The van der Waals surface area contributed by atoms with Crippen molar-refractivity contribution in [1.82, 2.24) is 10.1 Å². The van der Waals surface area contributed by atoms with Crippen LogP contribution < -0.4 is 4.74 Å². The molecule has 0 aliphatic rings. The van der Waals surface area contributed by atoms with Crippen LogP contribution in [0.3, 0.4) is 0 Å². The van der Waals surface area contributed by atoms with Gasteiger partial charge in [-0.25, -0.2) is 4.39 Å². The number of hydrogen-bond donors (Lipinski definition) is 0. The predicted octanol–water partition coefficient (Wildman–Crippen LogP) is 2.55. The zero-order valence-corrected chi connectivity index (χ0v) is 10.4. The van der Waals surface area contributed by atoms with Crippen molar-refractivity contribution < 1.29 is 18.4 Å². The lowest BCUT2D eigenvalue weighted by Crippen LogP contribution is -2.00. The molecule has 1 heterocycles. The van der Waals surface area contributed by atoms with Gasteiger partial charge in [-0.3, -0.25) is 4.79 Å². The Bertz CT molecular complexity index is 569. The van der Waals surface area contributed by atoms with Gasteiger partial charge in [0.1, 0.15) is 11.6 Å². The summed E-state index contributed by atoms with van der Waals surface area (Å²) in [5, 5.41) is 3.75. The Kier molecular flexibility index (Phi) is 4.22. The molecular weight excluding hydrogens is 251 g/mol. The average molecular weight is 264 g/mol. The van der Waals surface area contributed by atoms with Gasteiger partial charge in [0.25, 0.3) is 0 Å². The van der Waals surface area contributed by atoms with Crippen LogP contribution >= 0.6 is 0 Å². The molecule has 0 saturated carbocycles. The Morgan fingerprint density at radius 2 is 2.32 bits per heavy atom. The van der Waals surface area contributed by atoms with Crippen LogP contribution in [-0.2, 0) is 13.0 Å². The van der Waals surface area contributed by atoms with Crippen LogP contribution in [0.4, 0.5) is 4.39 Å². The number of carbonyl (C=O) groups excluding carboxylic acids is 1. The Morgan fingerprint density at radius 1 is 1.47 bits per heavy atom. The third-order valence-electron chi connectivity index (χ3n) is 2.43. The molecule has 0 aliphatic carbocycles. The molecule has 0 unspecified atom stereocenters. The van der Waals surface area contributed by atoms with Gasteiger partial charge in [-0.15, -0.1) is 0 Å². The number of nitrogens with zero attached hydrogens (tertiary/aromatic N) is 2. The van der Waals surface area contributed by atoms with Crippen molar-refractivity contribution >= 4 is 6.29 Å². The molecule has 2 rings (SSSR count). The molecule has 0 bridgehead atoms. The van der Waals surface area contributed by atoms with Gasteiger partial charge in [0.15, 0.2) is 12.9 Å². The van der Waals surface area contributed by atoms with E-state index in [-0.39, 0.29) is 12.2 Å². The highest BCUT2D eigenvalue weighted by Crippen LogP contribution is 2.18. The maximum Gasteiger partial charge on any atom is 0.226 e. The second kappa shape index (κ2) is 6.08. The van der Waals surface area contributed by atoms with Crippen molar-refractivity contribution in [3.63, 3.8) is 0 Å². The minimum Gasteiger partial charge on any atom is -0.485 e. The Hall–Kier alpha value is -2.24. The number of aryl methyl sites for hydroxylation is 1. The normalized spacial score (nSPS) is 10.4. The van der Waals surface area contributed by atoms with Gasteiger partial charge in [-0.1, -0.05) is 12.1 Å². The molecule has 0 radical (unpaired) electrons. The van der Waals surface area contributed by atoms with E-state index in [9.17, 15) is 9.18 Å². The maximum atomic E-state index is 12.9. The van der Waals surface area contributed by atoms with Crippen LogP contribution in [0.2, 0.25) is 0 Å². The van der Waals surface area contributed by atoms with Crippen molar-refractivity contribution in [2.24, 2.45) is 0 Å². The fourth-order valence-corrected chi connectivity index (χ4v) is 1.55. The molecule has 0 aliphatic heterocycles. The van der Waals surface area contributed by atoms with Crippen LogP contribution in [0, 0.1) is 5.82 Å². The number of hydrogen-bond acceptors (Lipinski definition) is 5. The van der Waals surface area contributed by atoms with E-state index in [2.05, 4.69) is 10.1 Å². The lowest BCUT2D eigenvalue weighted by Gasteiger charge is -2.05. The first kappa shape index (κ1) is 13.2. The molecule has 0 spiro atoms. The largest absolute Gasteiger partial charge is 0.485 e. The van der Waals surface area contributed by atoms with Crippen LogP contribution in [0.5, 0.6) is 5.75 Å². The molecule has 19 heavy (non-hydrogen) atoms. The van der Waals surface area contributed by atoms with E-state index in [1.165, 1.54) is 12.1 Å². The Balaban J connectivity index is 2.03. The summed E-state index contributed by atoms with van der Waals surface area (Å²) in [6, 6.07) is 3.73. The van der Waals surface area contributed by atoms with Crippen LogP contribution in [0.25, 0.3) is 0 Å². The quantitative estimate of drug-likeness (QED) is 0.750. The summed E-state index contributed by atoms with van der Waals surface area (Å²) >= 11 is 0. The first-order valence-corrected chi connectivity index (χ1v) is 5.92. The second-order valence-electron chi connectivity index (χ2n) is 3.94. The van der Waals surface area contributed by atoms with Crippen LogP contribution in [0.15, 0.2) is 22.7 Å². The number of aldehydes is 1. The first-order chi connectivity index (χ1) is 9.22. The van der Waals surface area contributed by atoms with Crippen molar-refractivity contribution in [2.45, 2.75) is 26.4 Å². The second-order valence-corrected chi connectivity index (χ2v) is 3.94. The Morgan fingerprint density at radius 3 is 3.05 bits per heavy atom. The standard InChI is InChI=1S/C13H13FN2O3/c1-2-3-13-15-12(16-19-13)8-18-11-5-4-10(14)6-9(11)7-17/h4-7H,2-3,8H2,1H3. The van der Waals surface area contributed by atoms with Crippen molar-refractivity contribution in [2.75, 3.05) is 0 Å². The van der Waals surface area contributed by atoms with Gasteiger partial charge < -0.3 is 9.26 Å². The molecule has 2 aromatic rings. The summed E-state index contributed by atoms with van der Waals surface area (Å²) in [6.45, 7) is 2.08. The van der Waals surface area contributed by atoms with Gasteiger partial charge in [0.2, 0.25) is 11.7 Å². The molecule has 6 heteroatoms. The molecule has 100 valence electrons. The zero-order chi connectivity index (χ0) is 13.7. The lowest BCUT2D eigenvalue weighted by molar-refractivity contribution is 0.111. The van der Waals surface area contributed by atoms with Gasteiger partial charge in [0.05, 0.1) is 5.56 Å². The predicted molar refractivity (Wildman–Crippen MR) is 64.4 cm³/mol. The van der Waals surface area contributed by atoms with Gasteiger partial charge in [-0.05, 0) is 24.6 Å². The minimum atomic E-state index is -0.487. The highest BCUT2D eigenvalue weighted by Gasteiger charge is 2.09. The summed E-state index contributed by atoms with van der Waals surface area (Å²) in [6.07, 6.45) is 2.16. The molecule has 1 aromatic heterocycles. The molecule has 0 atom stereocenters. The highest BCUT2D eigenvalue weighted by molar-refractivity contribution is 5.79. The van der Waals surface area contributed by atoms with Crippen molar-refractivity contribution in [1.29, 1.82) is 0 Å². The zero-order valence-electron chi connectivity index (χ0n) is 10.4. The number of carbonyl (C=O) groups is 1. The molecule has 0 amide bonds. The molecular formula is C13H13FN2O3. The van der Waals surface area contributed by atoms with Gasteiger partial charge >= 0.3 is 0 Å². The van der Waals surface area contributed by atoms with E-state index in [4.69, 9.17) is 9.26 Å². The van der Waals surface area contributed by atoms with Crippen molar-refractivity contribution in [3.8, 4) is 5.75 Å². The smallest absolute Gasteiger partial charge is 0.226 e. The number of ether oxygens (including phenoxy) is 1. The third kappa shape index (κ3) is 3.37. The number of halogens is 1. The lowest BCUT2D eigenvalue weighted by atomic mass is 10.2. The number of benzene rings is 1. The molecule has 1 aromatic carbocycles. The highest BCUT2D eigenvalue weighted by atomic mass is 19.1. The number of rotatable bonds is 6. The van der Waals surface area contributed by atoms with Crippen LogP contribution in [-0.4, -0.2) is 16.4 Å². The van der Waals surface area contributed by atoms with E-state index in [1.54, 1.807) is 0 Å². The fraction of sp³-hybridized carbons (Fsp3) is 0.308. The topological polar surface area (TPSA) is 65.2 Å². The molecule has 0 N–H and O–H groups in total. The van der Waals surface area contributed by atoms with Crippen molar-refractivity contribution in [3.05, 3.63) is 41.3 Å². The van der Waals surface area contributed by atoms with E-state index >= 15 is 0 Å². The van der Waals surface area contributed by atoms with E-state index in [0.29, 0.717) is 30.2 Å². The summed E-state index contributed by atoms with van der Waals surface area (Å²) in [7, 11) is 0. The fourth-order valence-electron chi connectivity index (χ4n) is 1.55. The summed E-state index contributed by atoms with van der Waals surface area (Å²) < 4.78 is 23.3. The summed E-state index contributed by atoms with van der Waals surface area (Å²) in [5.74, 6) is 0.748. The monoisotopic (exact) mass is 264 g/mol. The van der Waals surface area contributed by atoms with E-state index in [1.807, 2.05) is 6.92 Å². The summed E-state index contributed by atoms with van der Waals surface area (Å²) in [5.41, 5.74) is 0.150. The first-order valence-electron chi connectivity index (χ1n) is 5.92. The Labute approximate surface area is 109 Å². The average Bonchev–Trinajstić information content (AvgIpc) is 2.85. The molecule has 0 fully saturated rings. The molecule has 0 saturated heterocycles. The summed E-state index contributed by atoms with van der Waals surface area (Å²) in [4.78, 5) is 14.9. The van der Waals surface area contributed by atoms with Gasteiger partial charge in [0, 0.05) is 6.42 Å². The molecule has 5 nitrogen and oxygen atoms in total. The third-order valence-corrected chi connectivity index (χ3v) is 2.43. The maximum absolute atomic E-state index is 12.9. The SMILES string of the molecule is CCCc1nc(COc2ccc(F)cc2C=O)no1. The minimum absolute atomic E-state index is 0.0691.